The molecule has 11 nitrogen and oxygen atoms in total. The van der Waals surface area contributed by atoms with Gasteiger partial charge in [0.15, 0.2) is 0 Å². The Morgan fingerprint density at radius 1 is 0.762 bits per heavy atom. The number of carbonyl (C=O) groups is 4. The number of H-pyrrole nitrogens is 1. The van der Waals surface area contributed by atoms with Crippen LogP contribution in [0.15, 0.2) is 85.1 Å². The Hall–Kier alpha value is -5.16. The second-order valence-corrected chi connectivity index (χ2v) is 9.97. The Morgan fingerprint density at radius 3 is 2.12 bits per heavy atom. The Labute approximate surface area is 242 Å². The van der Waals surface area contributed by atoms with Crippen LogP contribution >= 0.6 is 0 Å². The monoisotopic (exact) mass is 571 g/mol. The van der Waals surface area contributed by atoms with Crippen molar-refractivity contribution in [1.82, 2.24) is 20.9 Å². The fourth-order valence-corrected chi connectivity index (χ4v) is 4.57. The molecule has 11 heteroatoms. The normalized spacial score (nSPS) is 13.1. The number of amides is 3. The van der Waals surface area contributed by atoms with Crippen LogP contribution in [0.2, 0.25) is 0 Å². The lowest BCUT2D eigenvalue weighted by Crippen LogP contribution is -2.54. The average Bonchev–Trinajstić information content (AvgIpc) is 3.39. The number of carbonyl (C=O) groups excluding carboxylic acids is 3. The van der Waals surface area contributed by atoms with Gasteiger partial charge in [-0.05, 0) is 41.3 Å². The largest absolute Gasteiger partial charge is 0.508 e. The maximum atomic E-state index is 13.2. The number of aliphatic carboxylic acids is 1. The number of carboxylic acid groups (broad SMARTS) is 1. The number of hydrogen-bond acceptors (Lipinski definition) is 6. The van der Waals surface area contributed by atoms with E-state index in [0.29, 0.717) is 5.56 Å². The van der Waals surface area contributed by atoms with Crippen LogP contribution in [-0.2, 0) is 38.4 Å². The molecule has 3 amide bonds. The quantitative estimate of drug-likeness (QED) is 0.126. The summed E-state index contributed by atoms with van der Waals surface area (Å²) in [5, 5.41) is 27.5. The number of carboxylic acids is 1. The number of aromatic nitrogens is 1. The maximum Gasteiger partial charge on any atom is 0.326 e. The molecule has 0 saturated heterocycles. The van der Waals surface area contributed by atoms with E-state index < -0.39 is 48.4 Å². The van der Waals surface area contributed by atoms with Crippen molar-refractivity contribution < 1.29 is 29.4 Å². The Balaban J connectivity index is 1.37. The molecular weight excluding hydrogens is 538 g/mol. The molecule has 8 N–H and O–H groups in total. The molecule has 0 fully saturated rings. The second-order valence-electron chi connectivity index (χ2n) is 9.97. The Kier molecular flexibility index (Phi) is 9.90. The summed E-state index contributed by atoms with van der Waals surface area (Å²) in [5.41, 5.74) is 9.40. The third-order valence-corrected chi connectivity index (χ3v) is 6.80. The van der Waals surface area contributed by atoms with Crippen molar-refractivity contribution in [2.45, 2.75) is 37.4 Å². The fraction of sp³-hybridized carbons (Fsp3) is 0.226. The van der Waals surface area contributed by atoms with Gasteiger partial charge in [-0.3, -0.25) is 14.4 Å². The summed E-state index contributed by atoms with van der Waals surface area (Å²) in [6.45, 7) is -0.499. The topological polar surface area (TPSA) is 187 Å². The fourth-order valence-electron chi connectivity index (χ4n) is 4.57. The summed E-state index contributed by atoms with van der Waals surface area (Å²) < 4.78 is 0. The van der Waals surface area contributed by atoms with E-state index in [9.17, 15) is 29.4 Å². The molecule has 4 aromatic rings. The number of rotatable bonds is 13. The number of benzene rings is 3. The molecule has 0 aliphatic carbocycles. The molecule has 3 aromatic carbocycles. The van der Waals surface area contributed by atoms with Gasteiger partial charge in [-0.2, -0.15) is 0 Å². The summed E-state index contributed by atoms with van der Waals surface area (Å²) >= 11 is 0. The molecule has 0 radical (unpaired) electrons. The Morgan fingerprint density at radius 2 is 1.40 bits per heavy atom. The number of nitrogens with one attached hydrogen (secondary N) is 4. The van der Waals surface area contributed by atoms with Crippen LogP contribution in [0, 0.1) is 0 Å². The first kappa shape index (κ1) is 29.8. The van der Waals surface area contributed by atoms with Crippen LogP contribution in [0.4, 0.5) is 0 Å². The molecule has 218 valence electrons. The summed E-state index contributed by atoms with van der Waals surface area (Å²) in [7, 11) is 0. The zero-order chi connectivity index (χ0) is 30.1. The van der Waals surface area contributed by atoms with Gasteiger partial charge >= 0.3 is 5.97 Å². The molecule has 0 saturated carbocycles. The predicted octanol–water partition coefficient (Wildman–Crippen LogP) is 1.40. The van der Waals surface area contributed by atoms with E-state index in [1.165, 1.54) is 12.1 Å². The number of para-hydroxylation sites is 1. The summed E-state index contributed by atoms with van der Waals surface area (Å²) in [4.78, 5) is 53.7. The minimum absolute atomic E-state index is 0.0176. The van der Waals surface area contributed by atoms with Crippen molar-refractivity contribution in [3.8, 4) is 5.75 Å². The Bertz CT molecular complexity index is 1540. The van der Waals surface area contributed by atoms with Crippen LogP contribution < -0.4 is 21.7 Å². The highest BCUT2D eigenvalue weighted by atomic mass is 16.4. The SMILES string of the molecule is NC(Cc1c[nH]c2ccccc12)C(=O)NC(Cc1ccccc1)C(=O)NCC(=O)NC(Cc1ccc(O)cc1)C(=O)O. The molecule has 42 heavy (non-hydrogen) atoms. The highest BCUT2D eigenvalue weighted by Crippen LogP contribution is 2.19. The molecule has 0 bridgehead atoms. The highest BCUT2D eigenvalue weighted by Gasteiger charge is 2.26. The van der Waals surface area contributed by atoms with E-state index in [-0.39, 0.29) is 25.0 Å². The van der Waals surface area contributed by atoms with Crippen molar-refractivity contribution in [1.29, 1.82) is 0 Å². The molecule has 0 spiro atoms. The second kappa shape index (κ2) is 14.0. The van der Waals surface area contributed by atoms with Crippen molar-refractivity contribution in [2.75, 3.05) is 6.54 Å². The number of nitrogens with two attached hydrogens (primary N) is 1. The smallest absolute Gasteiger partial charge is 0.326 e. The van der Waals surface area contributed by atoms with E-state index in [4.69, 9.17) is 5.73 Å². The van der Waals surface area contributed by atoms with Crippen LogP contribution in [-0.4, -0.2) is 63.6 Å². The number of phenolic OH excluding ortho intramolecular Hbond substituents is 1. The first-order chi connectivity index (χ1) is 20.2. The van der Waals surface area contributed by atoms with Crippen LogP contribution in [0.25, 0.3) is 10.9 Å². The first-order valence-electron chi connectivity index (χ1n) is 13.4. The zero-order valence-electron chi connectivity index (χ0n) is 22.7. The molecule has 0 aliphatic heterocycles. The van der Waals surface area contributed by atoms with Gasteiger partial charge in [0, 0.05) is 29.9 Å². The summed E-state index contributed by atoms with van der Waals surface area (Å²) in [6, 6.07) is 19.5. The van der Waals surface area contributed by atoms with Crippen molar-refractivity contribution in [2.24, 2.45) is 5.73 Å². The number of aromatic amines is 1. The maximum absolute atomic E-state index is 13.2. The van der Waals surface area contributed by atoms with Gasteiger partial charge in [0.2, 0.25) is 17.7 Å². The summed E-state index contributed by atoms with van der Waals surface area (Å²) in [5.74, 6) is -3.07. The van der Waals surface area contributed by atoms with Crippen molar-refractivity contribution >= 4 is 34.6 Å². The zero-order valence-corrected chi connectivity index (χ0v) is 22.7. The van der Waals surface area contributed by atoms with Gasteiger partial charge < -0.3 is 36.9 Å². The van der Waals surface area contributed by atoms with E-state index in [1.54, 1.807) is 18.3 Å². The van der Waals surface area contributed by atoms with Gasteiger partial charge in [0.05, 0.1) is 12.6 Å². The predicted molar refractivity (Wildman–Crippen MR) is 156 cm³/mol. The van der Waals surface area contributed by atoms with E-state index in [0.717, 1.165) is 22.0 Å². The van der Waals surface area contributed by atoms with Gasteiger partial charge in [0.1, 0.15) is 17.8 Å². The standard InChI is InChI=1S/C31H33N5O6/c32-24(16-21-17-33-25-9-5-4-8-23(21)25)29(39)36-26(14-19-6-2-1-3-7-19)30(40)34-18-28(38)35-27(31(41)42)15-20-10-12-22(37)13-11-20/h1-13,17,24,26-27,33,37H,14-16,18,32H2,(H,34,40)(H,35,38)(H,36,39)(H,41,42). The van der Waals surface area contributed by atoms with Crippen molar-refractivity contribution in [3.05, 3.63) is 102 Å². The number of fused-ring (bicyclic) bond motifs is 1. The molecule has 4 rings (SSSR count). The van der Waals surface area contributed by atoms with E-state index in [1.807, 2.05) is 54.6 Å². The molecule has 1 aromatic heterocycles. The van der Waals surface area contributed by atoms with Crippen LogP contribution in [0.1, 0.15) is 16.7 Å². The number of aromatic hydroxyl groups is 1. The molecule has 3 atom stereocenters. The number of phenols is 1. The van der Waals surface area contributed by atoms with E-state index >= 15 is 0 Å². The third kappa shape index (κ3) is 8.18. The van der Waals surface area contributed by atoms with E-state index in [2.05, 4.69) is 20.9 Å². The lowest BCUT2D eigenvalue weighted by molar-refractivity contribution is -0.141. The van der Waals surface area contributed by atoms with Gasteiger partial charge in [-0.15, -0.1) is 0 Å². The van der Waals surface area contributed by atoms with Gasteiger partial charge in [-0.25, -0.2) is 4.79 Å². The van der Waals surface area contributed by atoms with Gasteiger partial charge in [-0.1, -0.05) is 60.7 Å². The molecule has 3 unspecified atom stereocenters. The molecular formula is C31H33N5O6. The lowest BCUT2D eigenvalue weighted by atomic mass is 10.0. The van der Waals surface area contributed by atoms with Gasteiger partial charge in [0.25, 0.3) is 0 Å². The highest BCUT2D eigenvalue weighted by molar-refractivity contribution is 5.93. The molecule has 1 heterocycles. The number of hydrogen-bond donors (Lipinski definition) is 7. The van der Waals surface area contributed by atoms with Crippen molar-refractivity contribution in [3.63, 3.8) is 0 Å². The molecule has 0 aliphatic rings. The lowest BCUT2D eigenvalue weighted by Gasteiger charge is -2.21. The average molecular weight is 572 g/mol. The minimum Gasteiger partial charge on any atom is -0.508 e. The summed E-state index contributed by atoms with van der Waals surface area (Å²) in [6.07, 6.45) is 2.18. The van der Waals surface area contributed by atoms with Crippen LogP contribution in [0.3, 0.4) is 0 Å². The van der Waals surface area contributed by atoms with Crippen LogP contribution in [0.5, 0.6) is 5.75 Å². The third-order valence-electron chi connectivity index (χ3n) is 6.80. The first-order valence-corrected chi connectivity index (χ1v) is 13.4. The minimum atomic E-state index is -1.25.